The summed E-state index contributed by atoms with van der Waals surface area (Å²) in [6.45, 7) is 2.27. The molecular formula is C12H17NO3. The van der Waals surface area contributed by atoms with Crippen LogP contribution in [0.1, 0.15) is 23.7 Å². The van der Waals surface area contributed by atoms with Crippen molar-refractivity contribution in [1.29, 1.82) is 0 Å². The van der Waals surface area contributed by atoms with E-state index >= 15 is 0 Å². The van der Waals surface area contributed by atoms with Gasteiger partial charge in [-0.25, -0.2) is 4.79 Å². The van der Waals surface area contributed by atoms with Crippen molar-refractivity contribution in [3.05, 3.63) is 29.8 Å². The molecule has 16 heavy (non-hydrogen) atoms. The van der Waals surface area contributed by atoms with Crippen LogP contribution in [0.2, 0.25) is 0 Å². The van der Waals surface area contributed by atoms with E-state index in [2.05, 4.69) is 0 Å². The second-order valence-corrected chi connectivity index (χ2v) is 3.60. The van der Waals surface area contributed by atoms with Crippen LogP contribution in [-0.4, -0.2) is 25.8 Å². The molecule has 1 aromatic rings. The van der Waals surface area contributed by atoms with Gasteiger partial charge in [0.1, 0.15) is 0 Å². The number of nitrogen functional groups attached to an aromatic ring is 1. The smallest absolute Gasteiger partial charge is 0.338 e. The fraction of sp³-hybridized carbons (Fsp3) is 0.417. The van der Waals surface area contributed by atoms with Gasteiger partial charge < -0.3 is 15.2 Å². The minimum Gasteiger partial charge on any atom is -0.462 e. The van der Waals surface area contributed by atoms with E-state index in [9.17, 15) is 4.79 Å². The number of hydrogen-bond acceptors (Lipinski definition) is 4. The summed E-state index contributed by atoms with van der Waals surface area (Å²) in [4.78, 5) is 11.5. The number of anilines is 1. The fourth-order valence-corrected chi connectivity index (χ4v) is 1.18. The molecule has 0 aliphatic heterocycles. The number of nitrogens with two attached hydrogens (primary N) is 1. The molecule has 1 aromatic carbocycles. The van der Waals surface area contributed by atoms with Crippen molar-refractivity contribution < 1.29 is 14.3 Å². The maximum atomic E-state index is 11.5. The molecule has 0 saturated carbocycles. The first-order chi connectivity index (χ1) is 7.63. The standard InChI is InChI=1S/C12H17NO3/c1-9(15-2)6-7-16-12(14)10-4-3-5-11(13)8-10/h3-5,8-9H,6-7,13H2,1-2H3. The van der Waals surface area contributed by atoms with Gasteiger partial charge in [0, 0.05) is 19.2 Å². The molecule has 2 N–H and O–H groups in total. The predicted molar refractivity (Wildman–Crippen MR) is 62.2 cm³/mol. The SMILES string of the molecule is COC(C)CCOC(=O)c1cccc(N)c1. The maximum absolute atomic E-state index is 11.5. The summed E-state index contributed by atoms with van der Waals surface area (Å²) in [5.74, 6) is -0.351. The van der Waals surface area contributed by atoms with Gasteiger partial charge in [-0.05, 0) is 25.1 Å². The molecule has 1 unspecified atom stereocenters. The molecule has 0 aliphatic rings. The third-order valence-electron chi connectivity index (χ3n) is 2.28. The Labute approximate surface area is 95.3 Å². The molecule has 1 atom stereocenters. The molecule has 88 valence electrons. The highest BCUT2D eigenvalue weighted by Crippen LogP contribution is 2.08. The molecule has 0 radical (unpaired) electrons. The van der Waals surface area contributed by atoms with E-state index in [0.29, 0.717) is 24.3 Å². The summed E-state index contributed by atoms with van der Waals surface area (Å²) < 4.78 is 10.1. The molecular weight excluding hydrogens is 206 g/mol. The highest BCUT2D eigenvalue weighted by atomic mass is 16.5. The van der Waals surface area contributed by atoms with E-state index < -0.39 is 0 Å². The van der Waals surface area contributed by atoms with Crippen LogP contribution in [-0.2, 0) is 9.47 Å². The molecule has 0 bridgehead atoms. The molecule has 1 rings (SSSR count). The average molecular weight is 223 g/mol. The van der Waals surface area contributed by atoms with E-state index in [1.165, 1.54) is 0 Å². The number of methoxy groups -OCH3 is 1. The Kier molecular flexibility index (Phi) is 4.79. The quantitative estimate of drug-likeness (QED) is 0.611. The molecule has 4 heteroatoms. The lowest BCUT2D eigenvalue weighted by Gasteiger charge is -2.09. The first kappa shape index (κ1) is 12.5. The summed E-state index contributed by atoms with van der Waals surface area (Å²) in [6, 6.07) is 6.73. The largest absolute Gasteiger partial charge is 0.462 e. The molecule has 4 nitrogen and oxygen atoms in total. The Bertz CT molecular complexity index is 352. The lowest BCUT2D eigenvalue weighted by Crippen LogP contribution is -2.12. The highest BCUT2D eigenvalue weighted by molar-refractivity contribution is 5.90. The van der Waals surface area contributed by atoms with Crippen LogP contribution in [0.15, 0.2) is 24.3 Å². The van der Waals surface area contributed by atoms with Gasteiger partial charge in [0.2, 0.25) is 0 Å². The Morgan fingerprint density at radius 3 is 2.88 bits per heavy atom. The van der Waals surface area contributed by atoms with Crippen molar-refractivity contribution in [2.75, 3.05) is 19.5 Å². The van der Waals surface area contributed by atoms with Crippen molar-refractivity contribution in [2.24, 2.45) is 0 Å². The summed E-state index contributed by atoms with van der Waals surface area (Å²) in [6.07, 6.45) is 0.776. The van der Waals surface area contributed by atoms with Gasteiger partial charge in [-0.3, -0.25) is 0 Å². The first-order valence-corrected chi connectivity index (χ1v) is 5.19. The van der Waals surface area contributed by atoms with Crippen LogP contribution >= 0.6 is 0 Å². The topological polar surface area (TPSA) is 61.5 Å². The van der Waals surface area contributed by atoms with Gasteiger partial charge >= 0.3 is 5.97 Å². The monoisotopic (exact) mass is 223 g/mol. The van der Waals surface area contributed by atoms with Gasteiger partial charge in [-0.2, -0.15) is 0 Å². The Hall–Kier alpha value is -1.55. The third kappa shape index (κ3) is 3.90. The summed E-state index contributed by atoms with van der Waals surface area (Å²) in [7, 11) is 1.63. The van der Waals surface area contributed by atoms with Crippen molar-refractivity contribution in [2.45, 2.75) is 19.4 Å². The normalized spacial score (nSPS) is 12.1. The molecule has 0 fully saturated rings. The van der Waals surface area contributed by atoms with Gasteiger partial charge in [0.25, 0.3) is 0 Å². The van der Waals surface area contributed by atoms with Gasteiger partial charge in [-0.15, -0.1) is 0 Å². The number of rotatable bonds is 5. The number of ether oxygens (including phenoxy) is 2. The first-order valence-electron chi connectivity index (χ1n) is 5.19. The van der Waals surface area contributed by atoms with Gasteiger partial charge in [-0.1, -0.05) is 6.07 Å². The van der Waals surface area contributed by atoms with Crippen LogP contribution in [0.5, 0.6) is 0 Å². The molecule has 0 heterocycles. The van der Waals surface area contributed by atoms with E-state index in [1.807, 2.05) is 6.92 Å². The van der Waals surface area contributed by atoms with E-state index in [1.54, 1.807) is 31.4 Å². The average Bonchev–Trinajstić information content (AvgIpc) is 2.28. The second-order valence-electron chi connectivity index (χ2n) is 3.60. The Morgan fingerprint density at radius 2 is 2.25 bits per heavy atom. The van der Waals surface area contributed by atoms with Gasteiger partial charge in [0.15, 0.2) is 0 Å². The van der Waals surface area contributed by atoms with E-state index in [0.717, 1.165) is 0 Å². The van der Waals surface area contributed by atoms with E-state index in [-0.39, 0.29) is 12.1 Å². The van der Waals surface area contributed by atoms with Crippen molar-refractivity contribution in [3.8, 4) is 0 Å². The lowest BCUT2D eigenvalue weighted by atomic mass is 10.2. The number of hydrogen-bond donors (Lipinski definition) is 1. The minimum atomic E-state index is -0.351. The molecule has 0 spiro atoms. The maximum Gasteiger partial charge on any atom is 0.338 e. The summed E-state index contributed by atoms with van der Waals surface area (Å²) in [5, 5.41) is 0. The highest BCUT2D eigenvalue weighted by Gasteiger charge is 2.08. The second kappa shape index (κ2) is 6.12. The number of benzene rings is 1. The van der Waals surface area contributed by atoms with Crippen molar-refractivity contribution >= 4 is 11.7 Å². The van der Waals surface area contributed by atoms with Crippen molar-refractivity contribution in [3.63, 3.8) is 0 Å². The third-order valence-corrected chi connectivity index (χ3v) is 2.28. The zero-order valence-corrected chi connectivity index (χ0v) is 9.60. The number of carbonyl (C=O) groups is 1. The van der Waals surface area contributed by atoms with Crippen LogP contribution in [0.25, 0.3) is 0 Å². The minimum absolute atomic E-state index is 0.0913. The zero-order chi connectivity index (χ0) is 12.0. The summed E-state index contributed by atoms with van der Waals surface area (Å²) in [5.41, 5.74) is 6.60. The Balaban J connectivity index is 2.41. The molecule has 0 aliphatic carbocycles. The van der Waals surface area contributed by atoms with Crippen LogP contribution in [0.3, 0.4) is 0 Å². The fourth-order valence-electron chi connectivity index (χ4n) is 1.18. The number of carbonyl (C=O) groups excluding carboxylic acids is 1. The van der Waals surface area contributed by atoms with E-state index in [4.69, 9.17) is 15.2 Å². The predicted octanol–water partition coefficient (Wildman–Crippen LogP) is 1.85. The summed E-state index contributed by atoms with van der Waals surface area (Å²) >= 11 is 0. The molecule has 0 amide bonds. The molecule has 0 aromatic heterocycles. The van der Waals surface area contributed by atoms with Gasteiger partial charge in [0.05, 0.1) is 18.3 Å². The van der Waals surface area contributed by atoms with Crippen molar-refractivity contribution in [1.82, 2.24) is 0 Å². The van der Waals surface area contributed by atoms with Crippen LogP contribution in [0.4, 0.5) is 5.69 Å². The Morgan fingerprint density at radius 1 is 1.50 bits per heavy atom. The zero-order valence-electron chi connectivity index (χ0n) is 9.60. The lowest BCUT2D eigenvalue weighted by molar-refractivity contribution is 0.0391. The van der Waals surface area contributed by atoms with Crippen LogP contribution in [0, 0.1) is 0 Å². The van der Waals surface area contributed by atoms with Crippen LogP contribution < -0.4 is 5.73 Å². The number of esters is 1. The molecule has 0 saturated heterocycles.